The molecule has 1 fully saturated rings. The number of fused-ring (bicyclic) bond motifs is 1. The van der Waals surface area contributed by atoms with Crippen LogP contribution in [0.3, 0.4) is 0 Å². The molecule has 0 bridgehead atoms. The molecule has 1 aliphatic heterocycles. The van der Waals surface area contributed by atoms with Crippen LogP contribution in [0.1, 0.15) is 27.2 Å². The lowest BCUT2D eigenvalue weighted by atomic mass is 9.87. The van der Waals surface area contributed by atoms with Gasteiger partial charge in [-0.1, -0.05) is 6.92 Å². The third-order valence-electron chi connectivity index (χ3n) is 3.53. The molecule has 2 aliphatic rings. The Morgan fingerprint density at radius 1 is 1.45 bits per heavy atom. The Morgan fingerprint density at radius 3 is 2.27 bits per heavy atom. The molecule has 0 N–H and O–H groups in total. The third-order valence-corrected chi connectivity index (χ3v) is 3.53. The molecule has 1 saturated carbocycles. The highest BCUT2D eigenvalue weighted by Gasteiger charge is 2.66. The molecule has 0 radical (unpaired) electrons. The second kappa shape index (κ2) is 1.62. The van der Waals surface area contributed by atoms with Gasteiger partial charge in [0.25, 0.3) is 0 Å². The van der Waals surface area contributed by atoms with Crippen LogP contribution in [0.25, 0.3) is 0 Å². The third kappa shape index (κ3) is 0.652. The van der Waals surface area contributed by atoms with Gasteiger partial charge in [0.1, 0.15) is 0 Å². The summed E-state index contributed by atoms with van der Waals surface area (Å²) in [5, 5.41) is 0. The SMILES string of the molecule is COC1=NC(C)(C)[C@@]2(C)C[C@H]12. The van der Waals surface area contributed by atoms with Crippen molar-refractivity contribution >= 4 is 5.90 Å². The van der Waals surface area contributed by atoms with E-state index in [1.165, 1.54) is 6.42 Å². The van der Waals surface area contributed by atoms with Gasteiger partial charge >= 0.3 is 0 Å². The first-order valence-corrected chi connectivity index (χ1v) is 4.15. The monoisotopic (exact) mass is 153 g/mol. The molecule has 0 saturated heterocycles. The molecule has 0 aromatic rings. The fourth-order valence-electron chi connectivity index (χ4n) is 2.07. The number of methoxy groups -OCH3 is 1. The Labute approximate surface area is 67.7 Å². The van der Waals surface area contributed by atoms with Crippen molar-refractivity contribution in [2.45, 2.75) is 32.7 Å². The van der Waals surface area contributed by atoms with Gasteiger partial charge in [-0.05, 0) is 20.3 Å². The lowest BCUT2D eigenvalue weighted by Crippen LogP contribution is -2.26. The van der Waals surface area contributed by atoms with Crippen LogP contribution in [0.5, 0.6) is 0 Å². The quantitative estimate of drug-likeness (QED) is 0.520. The number of nitrogens with zero attached hydrogens (tertiary/aromatic N) is 1. The van der Waals surface area contributed by atoms with E-state index in [9.17, 15) is 0 Å². The predicted octanol–water partition coefficient (Wildman–Crippen LogP) is 1.85. The smallest absolute Gasteiger partial charge is 0.187 e. The summed E-state index contributed by atoms with van der Waals surface area (Å²) >= 11 is 0. The summed E-state index contributed by atoms with van der Waals surface area (Å²) in [7, 11) is 1.72. The van der Waals surface area contributed by atoms with Gasteiger partial charge < -0.3 is 4.74 Å². The van der Waals surface area contributed by atoms with Crippen LogP contribution in [-0.2, 0) is 4.74 Å². The largest absolute Gasteiger partial charge is 0.484 e. The summed E-state index contributed by atoms with van der Waals surface area (Å²) in [6, 6.07) is 0. The van der Waals surface area contributed by atoms with Crippen LogP contribution in [0, 0.1) is 11.3 Å². The summed E-state index contributed by atoms with van der Waals surface area (Å²) in [5.74, 6) is 1.58. The highest BCUT2D eigenvalue weighted by Crippen LogP contribution is 2.65. The van der Waals surface area contributed by atoms with Crippen molar-refractivity contribution in [3.8, 4) is 0 Å². The molecular formula is C9H15NO. The molecule has 0 spiro atoms. The maximum atomic E-state index is 5.22. The molecule has 0 unspecified atom stereocenters. The van der Waals surface area contributed by atoms with Crippen molar-refractivity contribution in [3.05, 3.63) is 0 Å². The van der Waals surface area contributed by atoms with Crippen molar-refractivity contribution in [3.63, 3.8) is 0 Å². The Balaban J connectivity index is 2.33. The van der Waals surface area contributed by atoms with Crippen molar-refractivity contribution in [2.24, 2.45) is 16.3 Å². The lowest BCUT2D eigenvalue weighted by Gasteiger charge is -2.23. The molecular weight excluding hydrogens is 138 g/mol. The van der Waals surface area contributed by atoms with E-state index in [4.69, 9.17) is 4.74 Å². The second-order valence-electron chi connectivity index (χ2n) is 4.39. The second-order valence-corrected chi connectivity index (χ2v) is 4.39. The van der Waals surface area contributed by atoms with Crippen molar-refractivity contribution in [1.29, 1.82) is 0 Å². The first kappa shape index (κ1) is 7.14. The zero-order valence-electron chi connectivity index (χ0n) is 7.64. The van der Waals surface area contributed by atoms with Crippen LogP contribution >= 0.6 is 0 Å². The molecule has 2 rings (SSSR count). The average Bonchev–Trinajstić information content (AvgIpc) is 2.54. The minimum Gasteiger partial charge on any atom is -0.484 e. The van der Waals surface area contributed by atoms with E-state index < -0.39 is 0 Å². The first-order valence-electron chi connectivity index (χ1n) is 4.15. The van der Waals surface area contributed by atoms with Crippen LogP contribution in [0.2, 0.25) is 0 Å². The number of hydrogen-bond donors (Lipinski definition) is 0. The Morgan fingerprint density at radius 2 is 2.09 bits per heavy atom. The highest BCUT2D eigenvalue weighted by atomic mass is 16.5. The van der Waals surface area contributed by atoms with Crippen LogP contribution in [0.4, 0.5) is 0 Å². The van der Waals surface area contributed by atoms with E-state index in [1.807, 2.05) is 0 Å². The zero-order valence-corrected chi connectivity index (χ0v) is 7.64. The molecule has 0 amide bonds. The Bertz CT molecular complexity index is 232. The van der Waals surface area contributed by atoms with Crippen LogP contribution in [0.15, 0.2) is 4.99 Å². The first-order chi connectivity index (χ1) is 5.01. The van der Waals surface area contributed by atoms with Gasteiger partial charge in [0.05, 0.1) is 12.6 Å². The van der Waals surface area contributed by atoms with Crippen LogP contribution < -0.4 is 0 Å². The molecule has 11 heavy (non-hydrogen) atoms. The average molecular weight is 153 g/mol. The number of aliphatic imine (C=N–C) groups is 1. The Hall–Kier alpha value is -0.530. The Kier molecular flexibility index (Phi) is 1.05. The minimum absolute atomic E-state index is 0.100. The number of rotatable bonds is 0. The lowest BCUT2D eigenvalue weighted by molar-refractivity contribution is 0.334. The molecule has 2 nitrogen and oxygen atoms in total. The van der Waals surface area contributed by atoms with Gasteiger partial charge in [0, 0.05) is 11.3 Å². The summed E-state index contributed by atoms with van der Waals surface area (Å²) in [6.07, 6.45) is 1.26. The summed E-state index contributed by atoms with van der Waals surface area (Å²) < 4.78 is 5.22. The standard InChI is InChI=1S/C9H15NO/c1-8(2)9(3)5-6(9)7(10-8)11-4/h6H,5H2,1-4H3/t6-,9+/m1/s1. The minimum atomic E-state index is 0.100. The fraction of sp³-hybridized carbons (Fsp3) is 0.889. The summed E-state index contributed by atoms with van der Waals surface area (Å²) in [4.78, 5) is 4.54. The van der Waals surface area contributed by atoms with E-state index in [-0.39, 0.29) is 5.54 Å². The molecule has 2 atom stereocenters. The van der Waals surface area contributed by atoms with Crippen molar-refractivity contribution < 1.29 is 4.74 Å². The molecule has 62 valence electrons. The number of hydrogen-bond acceptors (Lipinski definition) is 2. The highest BCUT2D eigenvalue weighted by molar-refractivity contribution is 5.86. The van der Waals surface area contributed by atoms with Gasteiger partial charge in [-0.25, -0.2) is 4.99 Å². The van der Waals surface area contributed by atoms with Gasteiger partial charge in [0.15, 0.2) is 5.90 Å². The molecule has 0 aromatic carbocycles. The molecule has 2 heteroatoms. The van der Waals surface area contributed by atoms with Gasteiger partial charge in [0.2, 0.25) is 0 Å². The van der Waals surface area contributed by atoms with Gasteiger partial charge in [-0.2, -0.15) is 0 Å². The van der Waals surface area contributed by atoms with E-state index in [0.717, 1.165) is 5.90 Å². The normalized spacial score (nSPS) is 44.7. The zero-order chi connectivity index (χ0) is 8.28. The maximum Gasteiger partial charge on any atom is 0.187 e. The van der Waals surface area contributed by atoms with Crippen molar-refractivity contribution in [2.75, 3.05) is 7.11 Å². The predicted molar refractivity (Wildman–Crippen MR) is 44.7 cm³/mol. The van der Waals surface area contributed by atoms with Gasteiger partial charge in [-0.15, -0.1) is 0 Å². The van der Waals surface area contributed by atoms with E-state index in [0.29, 0.717) is 11.3 Å². The fourth-order valence-corrected chi connectivity index (χ4v) is 2.07. The topological polar surface area (TPSA) is 21.6 Å². The van der Waals surface area contributed by atoms with Crippen LogP contribution in [-0.4, -0.2) is 18.5 Å². The number of ether oxygens (including phenoxy) is 1. The van der Waals surface area contributed by atoms with Gasteiger partial charge in [-0.3, -0.25) is 0 Å². The molecule has 1 aliphatic carbocycles. The summed E-state index contributed by atoms with van der Waals surface area (Å²) in [5.41, 5.74) is 0.501. The molecule has 0 aromatic heterocycles. The van der Waals surface area contributed by atoms with E-state index >= 15 is 0 Å². The van der Waals surface area contributed by atoms with E-state index in [2.05, 4.69) is 25.8 Å². The maximum absolute atomic E-state index is 5.22. The summed E-state index contributed by atoms with van der Waals surface area (Å²) in [6.45, 7) is 6.69. The molecule has 1 heterocycles. The van der Waals surface area contributed by atoms with E-state index in [1.54, 1.807) is 7.11 Å². The van der Waals surface area contributed by atoms with Crippen molar-refractivity contribution in [1.82, 2.24) is 0 Å².